The number of nitrogens with two attached hydrogens (primary N) is 1. The van der Waals surface area contributed by atoms with Crippen LogP contribution in [0.4, 0.5) is 4.79 Å². The zero-order valence-electron chi connectivity index (χ0n) is 10.6. The number of hydrogen-bond acceptors (Lipinski definition) is 3. The van der Waals surface area contributed by atoms with Gasteiger partial charge in [0, 0.05) is 11.6 Å². The van der Waals surface area contributed by atoms with Crippen molar-refractivity contribution in [2.75, 3.05) is 0 Å². The molecule has 1 rings (SSSR count). The van der Waals surface area contributed by atoms with Crippen LogP contribution in [-0.4, -0.2) is 33.6 Å². The van der Waals surface area contributed by atoms with Crippen LogP contribution in [-0.2, 0) is 4.79 Å². The molecule has 1 aliphatic carbocycles. The van der Waals surface area contributed by atoms with E-state index in [1.54, 1.807) is 0 Å². The molecule has 1 fully saturated rings. The Morgan fingerprint density at radius 2 is 1.94 bits per heavy atom. The maximum absolute atomic E-state index is 11.6. The summed E-state index contributed by atoms with van der Waals surface area (Å²) in [4.78, 5) is 24.4. The van der Waals surface area contributed by atoms with Crippen molar-refractivity contribution in [2.45, 2.75) is 51.6 Å². The van der Waals surface area contributed by atoms with Crippen molar-refractivity contribution in [2.24, 2.45) is 11.8 Å². The van der Waals surface area contributed by atoms with Crippen LogP contribution in [0.2, 0.25) is 0 Å². The minimum atomic E-state index is -0.987. The van der Waals surface area contributed by atoms with Crippen molar-refractivity contribution >= 4 is 12.0 Å². The van der Waals surface area contributed by atoms with Gasteiger partial charge in [0.25, 0.3) is 0 Å². The van der Waals surface area contributed by atoms with Gasteiger partial charge >= 0.3 is 6.09 Å². The van der Waals surface area contributed by atoms with Crippen LogP contribution in [0.25, 0.3) is 0 Å². The van der Waals surface area contributed by atoms with Gasteiger partial charge in [-0.05, 0) is 33.6 Å². The van der Waals surface area contributed by atoms with Crippen LogP contribution < -0.4 is 11.3 Å². The van der Waals surface area contributed by atoms with Crippen molar-refractivity contribution in [1.29, 1.82) is 0 Å². The molecular weight excluding hydrogens is 222 g/mol. The number of carbonyl (C=O) groups excluding carboxylic acids is 1. The van der Waals surface area contributed by atoms with Crippen LogP contribution >= 0.6 is 0 Å². The largest absolute Gasteiger partial charge is 0.465 e. The molecule has 4 N–H and O–H groups in total. The highest BCUT2D eigenvalue weighted by molar-refractivity contribution is 5.80. The summed E-state index contributed by atoms with van der Waals surface area (Å²) in [5.41, 5.74) is 1.60. The van der Waals surface area contributed by atoms with Gasteiger partial charge < -0.3 is 5.11 Å². The first-order valence-corrected chi connectivity index (χ1v) is 5.81. The lowest BCUT2D eigenvalue weighted by molar-refractivity contribution is -0.126. The van der Waals surface area contributed by atoms with E-state index in [0.29, 0.717) is 12.8 Å². The fourth-order valence-corrected chi connectivity index (χ4v) is 2.59. The predicted octanol–water partition coefficient (Wildman–Crippen LogP) is 0.924. The number of rotatable bonds is 2. The van der Waals surface area contributed by atoms with Crippen LogP contribution in [0.1, 0.15) is 40.0 Å². The summed E-state index contributed by atoms with van der Waals surface area (Å²) in [6.07, 6.45) is 1.26. The Bertz CT molecular complexity index is 312. The Morgan fingerprint density at radius 3 is 2.35 bits per heavy atom. The maximum atomic E-state index is 11.6. The smallest absolute Gasteiger partial charge is 0.408 e. The first kappa shape index (κ1) is 13.8. The molecule has 2 atom stereocenters. The minimum Gasteiger partial charge on any atom is -0.465 e. The monoisotopic (exact) mass is 243 g/mol. The number of carbonyl (C=O) groups is 2. The van der Waals surface area contributed by atoms with Crippen molar-refractivity contribution in [3.05, 3.63) is 0 Å². The summed E-state index contributed by atoms with van der Waals surface area (Å²) in [7, 11) is 0. The van der Waals surface area contributed by atoms with Crippen molar-refractivity contribution in [3.63, 3.8) is 0 Å². The third-order valence-corrected chi connectivity index (χ3v) is 3.22. The Kier molecular flexibility index (Phi) is 3.98. The van der Waals surface area contributed by atoms with Gasteiger partial charge in [-0.15, -0.1) is 0 Å². The molecule has 17 heavy (non-hydrogen) atoms. The van der Waals surface area contributed by atoms with E-state index in [9.17, 15) is 14.7 Å². The summed E-state index contributed by atoms with van der Waals surface area (Å²) in [5, 5.41) is 9.30. The first-order chi connectivity index (χ1) is 7.79. The topological polar surface area (TPSA) is 95.7 Å². The standard InChI is InChI=1S/C11H21N3O3/c1-11(2,3)14(10(16)17)8-6-4-5-7(8)9(15)13-12/h7-8H,4-6,12H2,1-3H3,(H,13,15)(H,16,17)/t7-,8+/m1/s1. The summed E-state index contributed by atoms with van der Waals surface area (Å²) < 4.78 is 0. The molecule has 98 valence electrons. The Hall–Kier alpha value is -1.30. The van der Waals surface area contributed by atoms with Crippen molar-refractivity contribution in [1.82, 2.24) is 10.3 Å². The molecule has 0 aromatic carbocycles. The van der Waals surface area contributed by atoms with Gasteiger partial charge in [-0.25, -0.2) is 10.6 Å². The molecule has 0 aliphatic heterocycles. The molecule has 2 amide bonds. The van der Waals surface area contributed by atoms with E-state index in [1.165, 1.54) is 4.90 Å². The molecule has 6 nitrogen and oxygen atoms in total. The van der Waals surface area contributed by atoms with Gasteiger partial charge in [0.15, 0.2) is 0 Å². The van der Waals surface area contributed by atoms with E-state index >= 15 is 0 Å². The van der Waals surface area contributed by atoms with Gasteiger partial charge in [-0.1, -0.05) is 6.42 Å². The third kappa shape index (κ3) is 2.88. The van der Waals surface area contributed by atoms with Gasteiger partial charge in [-0.2, -0.15) is 0 Å². The third-order valence-electron chi connectivity index (χ3n) is 3.22. The van der Waals surface area contributed by atoms with E-state index in [4.69, 9.17) is 5.84 Å². The fourth-order valence-electron chi connectivity index (χ4n) is 2.59. The number of hydrazine groups is 1. The highest BCUT2D eigenvalue weighted by Crippen LogP contribution is 2.34. The van der Waals surface area contributed by atoms with Crippen molar-refractivity contribution < 1.29 is 14.7 Å². The fraction of sp³-hybridized carbons (Fsp3) is 0.818. The number of hydrogen-bond donors (Lipinski definition) is 3. The molecule has 0 aromatic heterocycles. The van der Waals surface area contributed by atoms with E-state index < -0.39 is 11.6 Å². The second-order valence-corrected chi connectivity index (χ2v) is 5.44. The summed E-state index contributed by atoms with van der Waals surface area (Å²) in [5.74, 6) is 4.52. The SMILES string of the molecule is CC(C)(C)N(C(=O)O)[C@H]1CCC[C@H]1C(=O)NN. The lowest BCUT2D eigenvalue weighted by Gasteiger charge is -2.40. The summed E-state index contributed by atoms with van der Waals surface area (Å²) in [6, 6.07) is -0.281. The molecule has 0 saturated heterocycles. The molecule has 0 radical (unpaired) electrons. The molecule has 6 heteroatoms. The lowest BCUT2D eigenvalue weighted by Crippen LogP contribution is -2.55. The number of nitrogens with zero attached hydrogens (tertiary/aromatic N) is 1. The summed E-state index contributed by atoms with van der Waals surface area (Å²) in [6.45, 7) is 5.49. The average Bonchev–Trinajstić information content (AvgIpc) is 2.62. The number of nitrogens with one attached hydrogen (secondary N) is 1. The first-order valence-electron chi connectivity index (χ1n) is 5.81. The molecule has 0 spiro atoms. The highest BCUT2D eigenvalue weighted by atomic mass is 16.4. The zero-order chi connectivity index (χ0) is 13.2. The molecule has 0 aromatic rings. The molecule has 0 unspecified atom stereocenters. The molecule has 1 aliphatic rings. The second-order valence-electron chi connectivity index (χ2n) is 5.44. The van der Waals surface area contributed by atoms with E-state index in [0.717, 1.165) is 6.42 Å². The van der Waals surface area contributed by atoms with Gasteiger partial charge in [-0.3, -0.25) is 15.1 Å². The Labute approximate surface area is 101 Å². The molecular formula is C11H21N3O3. The molecule has 0 bridgehead atoms. The number of carboxylic acid groups (broad SMARTS) is 1. The normalized spacial score (nSPS) is 24.5. The van der Waals surface area contributed by atoms with Crippen molar-refractivity contribution in [3.8, 4) is 0 Å². The Morgan fingerprint density at radius 1 is 1.35 bits per heavy atom. The van der Waals surface area contributed by atoms with Crippen LogP contribution in [0, 0.1) is 5.92 Å². The zero-order valence-corrected chi connectivity index (χ0v) is 10.6. The highest BCUT2D eigenvalue weighted by Gasteiger charge is 2.42. The Balaban J connectivity index is 2.95. The van der Waals surface area contributed by atoms with E-state index in [1.807, 2.05) is 20.8 Å². The predicted molar refractivity (Wildman–Crippen MR) is 63.1 cm³/mol. The quantitative estimate of drug-likeness (QED) is 0.382. The van der Waals surface area contributed by atoms with Gasteiger partial charge in [0.05, 0.1) is 5.92 Å². The maximum Gasteiger partial charge on any atom is 0.408 e. The van der Waals surface area contributed by atoms with Crippen LogP contribution in [0.3, 0.4) is 0 Å². The van der Waals surface area contributed by atoms with Crippen LogP contribution in [0.15, 0.2) is 0 Å². The van der Waals surface area contributed by atoms with Gasteiger partial charge in [0.1, 0.15) is 0 Å². The molecule has 1 saturated carbocycles. The average molecular weight is 243 g/mol. The lowest BCUT2D eigenvalue weighted by atomic mass is 9.96. The van der Waals surface area contributed by atoms with Crippen LogP contribution in [0.5, 0.6) is 0 Å². The van der Waals surface area contributed by atoms with E-state index in [-0.39, 0.29) is 17.9 Å². The van der Waals surface area contributed by atoms with E-state index in [2.05, 4.69) is 5.43 Å². The second kappa shape index (κ2) is 4.91. The molecule has 0 heterocycles. The minimum absolute atomic E-state index is 0.275. The van der Waals surface area contributed by atoms with Gasteiger partial charge in [0.2, 0.25) is 5.91 Å². The summed E-state index contributed by atoms with van der Waals surface area (Å²) >= 11 is 0. The number of amides is 2.